The molecule has 1 N–H and O–H groups in total. The molecule has 0 radical (unpaired) electrons. The first-order valence-corrected chi connectivity index (χ1v) is 4.75. The Balaban J connectivity index is 2.25. The number of nitrogens with zero attached hydrogens (tertiary/aromatic N) is 1. The fourth-order valence-electron chi connectivity index (χ4n) is 1.82. The van der Waals surface area contributed by atoms with Gasteiger partial charge in [0.15, 0.2) is 0 Å². The van der Waals surface area contributed by atoms with Crippen LogP contribution in [0.25, 0.3) is 0 Å². The van der Waals surface area contributed by atoms with Crippen LogP contribution >= 0.6 is 0 Å². The van der Waals surface area contributed by atoms with Gasteiger partial charge in [0.2, 0.25) is 0 Å². The second kappa shape index (κ2) is 3.75. The maximum atomic E-state index is 10.6. The highest BCUT2D eigenvalue weighted by molar-refractivity contribution is 5.36. The Hall–Kier alpha value is -1.42. The number of non-ortho nitro benzene ring substituents is 1. The number of nitro benzene ring substituents is 1. The molecule has 14 heavy (non-hydrogen) atoms. The van der Waals surface area contributed by atoms with Gasteiger partial charge in [0.1, 0.15) is 0 Å². The number of rotatable bonds is 2. The van der Waals surface area contributed by atoms with E-state index in [9.17, 15) is 10.1 Å². The highest BCUT2D eigenvalue weighted by Gasteiger charge is 2.17. The molecule has 1 atom stereocenters. The maximum absolute atomic E-state index is 10.6. The Morgan fingerprint density at radius 2 is 2.36 bits per heavy atom. The molecule has 74 valence electrons. The van der Waals surface area contributed by atoms with Crippen LogP contribution in [0.5, 0.6) is 0 Å². The van der Waals surface area contributed by atoms with Gasteiger partial charge in [0, 0.05) is 18.2 Å². The lowest BCUT2D eigenvalue weighted by atomic mass is 10.1. The van der Waals surface area contributed by atoms with Crippen LogP contribution in [0.3, 0.4) is 0 Å². The van der Waals surface area contributed by atoms with Crippen molar-refractivity contribution in [1.82, 2.24) is 5.32 Å². The number of nitrogens with one attached hydrogen (secondary N) is 1. The summed E-state index contributed by atoms with van der Waals surface area (Å²) in [7, 11) is 0. The maximum Gasteiger partial charge on any atom is 0.269 e. The lowest BCUT2D eigenvalue weighted by Gasteiger charge is -2.09. The molecule has 1 fully saturated rings. The average molecular weight is 192 g/mol. The first-order chi connectivity index (χ1) is 6.77. The average Bonchev–Trinajstić information content (AvgIpc) is 2.71. The van der Waals surface area contributed by atoms with E-state index in [0.717, 1.165) is 24.9 Å². The van der Waals surface area contributed by atoms with E-state index in [-0.39, 0.29) is 10.6 Å². The van der Waals surface area contributed by atoms with E-state index in [2.05, 4.69) is 5.32 Å². The van der Waals surface area contributed by atoms with Crippen LogP contribution in [0, 0.1) is 10.1 Å². The Bertz CT molecular complexity index is 346. The second-order valence-corrected chi connectivity index (χ2v) is 3.50. The van der Waals surface area contributed by atoms with Crippen molar-refractivity contribution in [3.63, 3.8) is 0 Å². The molecule has 0 aliphatic carbocycles. The van der Waals surface area contributed by atoms with E-state index in [1.165, 1.54) is 6.07 Å². The zero-order chi connectivity index (χ0) is 9.97. The highest BCUT2D eigenvalue weighted by atomic mass is 16.6. The standard InChI is InChI=1S/C10H12N2O2/c13-12(14)9-4-1-3-8(7-9)10-5-2-6-11-10/h1,3-4,7,10-11H,2,5-6H2/t10-/m0/s1. The highest BCUT2D eigenvalue weighted by Crippen LogP contribution is 2.25. The summed E-state index contributed by atoms with van der Waals surface area (Å²) in [4.78, 5) is 10.2. The van der Waals surface area contributed by atoms with E-state index in [0.29, 0.717) is 6.04 Å². The van der Waals surface area contributed by atoms with Gasteiger partial charge in [-0.1, -0.05) is 12.1 Å². The molecule has 0 saturated carbocycles. The number of benzene rings is 1. The van der Waals surface area contributed by atoms with Gasteiger partial charge in [-0.3, -0.25) is 10.1 Å². The monoisotopic (exact) mass is 192 g/mol. The van der Waals surface area contributed by atoms with Gasteiger partial charge >= 0.3 is 0 Å². The Morgan fingerprint density at radius 3 is 3.00 bits per heavy atom. The molecule has 0 spiro atoms. The van der Waals surface area contributed by atoms with E-state index in [4.69, 9.17) is 0 Å². The molecule has 4 heteroatoms. The molecule has 0 amide bonds. The first-order valence-electron chi connectivity index (χ1n) is 4.75. The molecule has 0 unspecified atom stereocenters. The van der Waals surface area contributed by atoms with Crippen molar-refractivity contribution in [2.75, 3.05) is 6.54 Å². The predicted molar refractivity (Wildman–Crippen MR) is 53.1 cm³/mol. The fraction of sp³-hybridized carbons (Fsp3) is 0.400. The number of nitro groups is 1. The zero-order valence-corrected chi connectivity index (χ0v) is 7.77. The molecular formula is C10H12N2O2. The van der Waals surface area contributed by atoms with Crippen LogP contribution in [-0.4, -0.2) is 11.5 Å². The van der Waals surface area contributed by atoms with E-state index >= 15 is 0 Å². The predicted octanol–water partition coefficient (Wildman–Crippen LogP) is 2.02. The molecule has 4 nitrogen and oxygen atoms in total. The van der Waals surface area contributed by atoms with Gasteiger partial charge < -0.3 is 5.32 Å². The van der Waals surface area contributed by atoms with E-state index in [1.807, 2.05) is 6.07 Å². The number of hydrogen-bond donors (Lipinski definition) is 1. The van der Waals surface area contributed by atoms with Crippen molar-refractivity contribution in [3.05, 3.63) is 39.9 Å². The molecule has 1 aromatic rings. The molecule has 1 heterocycles. The van der Waals surface area contributed by atoms with Gasteiger partial charge in [-0.25, -0.2) is 0 Å². The third-order valence-electron chi connectivity index (χ3n) is 2.54. The van der Waals surface area contributed by atoms with Gasteiger partial charge in [-0.05, 0) is 24.9 Å². The Kier molecular flexibility index (Phi) is 2.45. The third-order valence-corrected chi connectivity index (χ3v) is 2.54. The molecule has 1 aliphatic rings. The summed E-state index contributed by atoms with van der Waals surface area (Å²) in [6.07, 6.45) is 2.22. The minimum atomic E-state index is -0.349. The van der Waals surface area contributed by atoms with Gasteiger partial charge in [-0.2, -0.15) is 0 Å². The van der Waals surface area contributed by atoms with E-state index in [1.54, 1.807) is 12.1 Å². The largest absolute Gasteiger partial charge is 0.310 e. The summed E-state index contributed by atoms with van der Waals surface area (Å²) in [5, 5.41) is 13.9. The zero-order valence-electron chi connectivity index (χ0n) is 7.77. The molecule has 1 aromatic carbocycles. The van der Waals surface area contributed by atoms with Crippen molar-refractivity contribution in [1.29, 1.82) is 0 Å². The molecule has 0 bridgehead atoms. The van der Waals surface area contributed by atoms with Crippen LogP contribution in [0.1, 0.15) is 24.4 Å². The fourth-order valence-corrected chi connectivity index (χ4v) is 1.82. The summed E-state index contributed by atoms with van der Waals surface area (Å²) in [6.45, 7) is 1.01. The van der Waals surface area contributed by atoms with Crippen molar-refractivity contribution in [3.8, 4) is 0 Å². The molecule has 0 aromatic heterocycles. The van der Waals surface area contributed by atoms with Gasteiger partial charge in [0.05, 0.1) is 4.92 Å². The van der Waals surface area contributed by atoms with Crippen LogP contribution in [0.4, 0.5) is 5.69 Å². The summed E-state index contributed by atoms with van der Waals surface area (Å²) in [6, 6.07) is 7.17. The normalized spacial score (nSPS) is 21.0. The topological polar surface area (TPSA) is 55.2 Å². The molecule has 2 rings (SSSR count). The summed E-state index contributed by atoms with van der Waals surface area (Å²) in [5.74, 6) is 0. The lowest BCUT2D eigenvalue weighted by Crippen LogP contribution is -2.12. The minimum absolute atomic E-state index is 0.177. The summed E-state index contributed by atoms with van der Waals surface area (Å²) in [5.41, 5.74) is 1.20. The van der Waals surface area contributed by atoms with Crippen molar-refractivity contribution in [2.45, 2.75) is 18.9 Å². The molecular weight excluding hydrogens is 180 g/mol. The molecule has 1 aliphatic heterocycles. The Morgan fingerprint density at radius 1 is 1.50 bits per heavy atom. The quantitative estimate of drug-likeness (QED) is 0.576. The lowest BCUT2D eigenvalue weighted by molar-refractivity contribution is -0.384. The summed E-state index contributed by atoms with van der Waals surface area (Å²) >= 11 is 0. The van der Waals surface area contributed by atoms with Crippen molar-refractivity contribution >= 4 is 5.69 Å². The van der Waals surface area contributed by atoms with Crippen LogP contribution < -0.4 is 5.32 Å². The first kappa shape index (κ1) is 9.15. The van der Waals surface area contributed by atoms with Crippen LogP contribution in [0.15, 0.2) is 24.3 Å². The van der Waals surface area contributed by atoms with E-state index < -0.39 is 0 Å². The minimum Gasteiger partial charge on any atom is -0.310 e. The van der Waals surface area contributed by atoms with Crippen molar-refractivity contribution in [2.24, 2.45) is 0 Å². The SMILES string of the molecule is O=[N+]([O-])c1cccc([C@@H]2CCCN2)c1. The van der Waals surface area contributed by atoms with Gasteiger partial charge in [0.25, 0.3) is 5.69 Å². The second-order valence-electron chi connectivity index (χ2n) is 3.50. The Labute approximate surface area is 82.1 Å². The van der Waals surface area contributed by atoms with Gasteiger partial charge in [-0.15, -0.1) is 0 Å². The smallest absolute Gasteiger partial charge is 0.269 e. The van der Waals surface area contributed by atoms with Crippen molar-refractivity contribution < 1.29 is 4.92 Å². The summed E-state index contributed by atoms with van der Waals surface area (Å²) < 4.78 is 0. The van der Waals surface area contributed by atoms with Crippen LogP contribution in [0.2, 0.25) is 0 Å². The molecule has 1 saturated heterocycles. The van der Waals surface area contributed by atoms with Crippen LogP contribution in [-0.2, 0) is 0 Å². The number of hydrogen-bond acceptors (Lipinski definition) is 3. The third kappa shape index (κ3) is 1.75.